The van der Waals surface area contributed by atoms with Crippen LogP contribution in [-0.4, -0.2) is 60.8 Å². The summed E-state index contributed by atoms with van der Waals surface area (Å²) in [6, 6.07) is 0. The molecule has 1 aromatic heterocycles. The summed E-state index contributed by atoms with van der Waals surface area (Å²) in [5.74, 6) is 0.541. The zero-order chi connectivity index (χ0) is 13.7. The van der Waals surface area contributed by atoms with Crippen molar-refractivity contribution < 1.29 is 0 Å². The zero-order valence-corrected chi connectivity index (χ0v) is 11.8. The molecule has 1 aliphatic heterocycles. The summed E-state index contributed by atoms with van der Waals surface area (Å²) >= 11 is 0. The van der Waals surface area contributed by atoms with Crippen molar-refractivity contribution in [2.24, 2.45) is 0 Å². The minimum atomic E-state index is -0.00666. The van der Waals surface area contributed by atoms with Crippen molar-refractivity contribution in [3.63, 3.8) is 0 Å². The maximum atomic E-state index is 12.1. The van der Waals surface area contributed by atoms with E-state index in [0.29, 0.717) is 12.4 Å². The summed E-state index contributed by atoms with van der Waals surface area (Å²) in [5, 5.41) is 3.34. The number of aryl methyl sites for hydroxylation is 1. The Morgan fingerprint density at radius 1 is 1.42 bits per heavy atom. The molecule has 19 heavy (non-hydrogen) atoms. The molecule has 0 radical (unpaired) electrons. The van der Waals surface area contributed by atoms with Crippen molar-refractivity contribution in [1.82, 2.24) is 19.8 Å². The Hall–Kier alpha value is -1.40. The molecule has 106 valence electrons. The van der Waals surface area contributed by atoms with Crippen LogP contribution < -0.4 is 15.8 Å². The van der Waals surface area contributed by atoms with Gasteiger partial charge in [-0.2, -0.15) is 0 Å². The molecule has 1 saturated heterocycles. The lowest BCUT2D eigenvalue weighted by molar-refractivity contribution is 0.246. The number of nitrogens with one attached hydrogen (secondary N) is 1. The van der Waals surface area contributed by atoms with Crippen LogP contribution in [0.1, 0.15) is 6.92 Å². The van der Waals surface area contributed by atoms with Crippen LogP contribution in [0, 0.1) is 0 Å². The average molecular weight is 265 g/mol. The van der Waals surface area contributed by atoms with Gasteiger partial charge in [-0.25, -0.2) is 4.98 Å². The zero-order valence-electron chi connectivity index (χ0n) is 11.8. The van der Waals surface area contributed by atoms with E-state index in [0.717, 1.165) is 39.3 Å². The molecule has 0 atom stereocenters. The minimum Gasteiger partial charge on any atom is -0.354 e. The first-order valence-corrected chi connectivity index (χ1v) is 6.92. The summed E-state index contributed by atoms with van der Waals surface area (Å²) in [6.45, 7) is 8.71. The highest BCUT2D eigenvalue weighted by Crippen LogP contribution is 2.01. The predicted molar refractivity (Wildman–Crippen MR) is 76.8 cm³/mol. The third-order valence-electron chi connectivity index (χ3n) is 3.56. The second kappa shape index (κ2) is 6.68. The summed E-state index contributed by atoms with van der Waals surface area (Å²) < 4.78 is 1.68. The first-order valence-electron chi connectivity index (χ1n) is 6.92. The van der Waals surface area contributed by atoms with E-state index in [1.165, 1.54) is 0 Å². The van der Waals surface area contributed by atoms with Crippen molar-refractivity contribution in [2.45, 2.75) is 13.5 Å². The number of nitrogens with zero attached hydrogens (tertiary/aromatic N) is 4. The Bertz CT molecular complexity index is 453. The lowest BCUT2D eigenvalue weighted by atomic mass is 10.3. The standard InChI is InChI=1S/C13H23N5O/c1-3-18-9-6-15-12(13(18)19)16(2)10-11-17-7-4-14-5-8-17/h6,9,14H,3-5,7-8,10-11H2,1-2H3. The van der Waals surface area contributed by atoms with Crippen LogP contribution in [0.2, 0.25) is 0 Å². The summed E-state index contributed by atoms with van der Waals surface area (Å²) in [5.41, 5.74) is -0.00666. The molecule has 0 unspecified atom stereocenters. The molecule has 1 aromatic rings. The molecule has 1 aliphatic rings. The van der Waals surface area contributed by atoms with Gasteiger partial charge in [0.1, 0.15) is 0 Å². The molecular formula is C13H23N5O. The first kappa shape index (κ1) is 14.0. The third-order valence-corrected chi connectivity index (χ3v) is 3.56. The molecule has 2 heterocycles. The number of hydrogen-bond donors (Lipinski definition) is 1. The van der Waals surface area contributed by atoms with Gasteiger partial charge in [0.25, 0.3) is 5.56 Å². The molecule has 0 spiro atoms. The number of likely N-dealkylation sites (N-methyl/N-ethyl adjacent to an activating group) is 1. The van der Waals surface area contributed by atoms with Crippen molar-refractivity contribution in [1.29, 1.82) is 0 Å². The van der Waals surface area contributed by atoms with Crippen LogP contribution in [0.5, 0.6) is 0 Å². The van der Waals surface area contributed by atoms with Crippen LogP contribution in [0.3, 0.4) is 0 Å². The quantitative estimate of drug-likeness (QED) is 0.785. The van der Waals surface area contributed by atoms with Gasteiger partial charge in [-0.05, 0) is 6.92 Å². The predicted octanol–water partition coefficient (Wildman–Crippen LogP) is -0.395. The van der Waals surface area contributed by atoms with E-state index in [9.17, 15) is 4.79 Å². The van der Waals surface area contributed by atoms with E-state index in [1.807, 2.05) is 18.9 Å². The molecular weight excluding hydrogens is 242 g/mol. The Labute approximate surface area is 114 Å². The van der Waals surface area contributed by atoms with E-state index >= 15 is 0 Å². The van der Waals surface area contributed by atoms with Crippen LogP contribution in [0.4, 0.5) is 5.82 Å². The molecule has 2 rings (SSSR count). The maximum Gasteiger partial charge on any atom is 0.293 e. The monoisotopic (exact) mass is 265 g/mol. The lowest BCUT2D eigenvalue weighted by Gasteiger charge is -2.29. The summed E-state index contributed by atoms with van der Waals surface area (Å²) in [6.07, 6.45) is 3.43. The molecule has 0 aliphatic carbocycles. The number of piperazine rings is 1. The van der Waals surface area contributed by atoms with Crippen molar-refractivity contribution >= 4 is 5.82 Å². The molecule has 6 heteroatoms. The molecule has 0 saturated carbocycles. The molecule has 0 aromatic carbocycles. The van der Waals surface area contributed by atoms with Gasteiger partial charge in [-0.3, -0.25) is 9.69 Å². The number of anilines is 1. The van der Waals surface area contributed by atoms with E-state index < -0.39 is 0 Å². The number of hydrogen-bond acceptors (Lipinski definition) is 5. The van der Waals surface area contributed by atoms with Gasteiger partial charge in [0.05, 0.1) is 0 Å². The summed E-state index contributed by atoms with van der Waals surface area (Å²) in [4.78, 5) is 20.7. The Morgan fingerprint density at radius 3 is 2.84 bits per heavy atom. The highest BCUT2D eigenvalue weighted by atomic mass is 16.1. The van der Waals surface area contributed by atoms with Gasteiger partial charge in [0.15, 0.2) is 5.82 Å². The second-order valence-corrected chi connectivity index (χ2v) is 4.86. The van der Waals surface area contributed by atoms with Crippen molar-refractivity contribution in [2.75, 3.05) is 51.2 Å². The van der Waals surface area contributed by atoms with Gasteiger partial charge in [0.2, 0.25) is 0 Å². The van der Waals surface area contributed by atoms with Gasteiger partial charge in [0, 0.05) is 65.3 Å². The Balaban J connectivity index is 1.95. The topological polar surface area (TPSA) is 53.4 Å². The van der Waals surface area contributed by atoms with Crippen LogP contribution in [-0.2, 0) is 6.54 Å². The van der Waals surface area contributed by atoms with Gasteiger partial charge >= 0.3 is 0 Å². The van der Waals surface area contributed by atoms with Gasteiger partial charge < -0.3 is 14.8 Å². The van der Waals surface area contributed by atoms with Gasteiger partial charge in [-0.15, -0.1) is 0 Å². The Kier molecular flexibility index (Phi) is 4.93. The number of rotatable bonds is 5. The summed E-state index contributed by atoms with van der Waals surface area (Å²) in [7, 11) is 1.94. The van der Waals surface area contributed by atoms with Crippen LogP contribution in [0.15, 0.2) is 17.2 Å². The normalized spacial score (nSPS) is 16.5. The van der Waals surface area contributed by atoms with Gasteiger partial charge in [-0.1, -0.05) is 0 Å². The van der Waals surface area contributed by atoms with Crippen molar-refractivity contribution in [3.8, 4) is 0 Å². The average Bonchev–Trinajstić information content (AvgIpc) is 2.46. The van der Waals surface area contributed by atoms with E-state index in [-0.39, 0.29) is 5.56 Å². The fraction of sp³-hybridized carbons (Fsp3) is 0.692. The molecule has 0 bridgehead atoms. The highest BCUT2D eigenvalue weighted by Gasteiger charge is 2.13. The molecule has 0 amide bonds. The maximum absolute atomic E-state index is 12.1. The fourth-order valence-electron chi connectivity index (χ4n) is 2.28. The van der Waals surface area contributed by atoms with E-state index in [2.05, 4.69) is 15.2 Å². The fourth-order valence-corrected chi connectivity index (χ4v) is 2.28. The van der Waals surface area contributed by atoms with E-state index in [4.69, 9.17) is 0 Å². The second-order valence-electron chi connectivity index (χ2n) is 4.86. The Morgan fingerprint density at radius 2 is 2.16 bits per heavy atom. The van der Waals surface area contributed by atoms with Crippen LogP contribution in [0.25, 0.3) is 0 Å². The SMILES string of the molecule is CCn1ccnc(N(C)CCN2CCNCC2)c1=O. The number of aromatic nitrogens is 2. The lowest BCUT2D eigenvalue weighted by Crippen LogP contribution is -2.46. The smallest absolute Gasteiger partial charge is 0.293 e. The molecule has 1 N–H and O–H groups in total. The minimum absolute atomic E-state index is 0.00666. The third kappa shape index (κ3) is 3.54. The van der Waals surface area contributed by atoms with E-state index in [1.54, 1.807) is 17.0 Å². The highest BCUT2D eigenvalue weighted by molar-refractivity contribution is 5.34. The molecule has 6 nitrogen and oxygen atoms in total. The van der Waals surface area contributed by atoms with Crippen LogP contribution >= 0.6 is 0 Å². The molecule has 1 fully saturated rings. The first-order chi connectivity index (χ1) is 9.22. The van der Waals surface area contributed by atoms with Crippen molar-refractivity contribution in [3.05, 3.63) is 22.7 Å². The largest absolute Gasteiger partial charge is 0.354 e.